The van der Waals surface area contributed by atoms with E-state index in [1.54, 1.807) is 54.8 Å². The molecule has 5 aliphatic heterocycles. The molecule has 622 valence electrons. The summed E-state index contributed by atoms with van der Waals surface area (Å²) in [6.45, 7) is 23.6. The first-order valence-electron chi connectivity index (χ1n) is 36.5. The predicted molar refractivity (Wildman–Crippen MR) is 396 cm³/mol. The normalized spacial score (nSPS) is 29.1. The molecule has 5 aliphatic rings. The number of ether oxygens (including phenoxy) is 13. The number of anilines is 2. The summed E-state index contributed by atoms with van der Waals surface area (Å²) in [5.74, 6) is -4.13. The predicted octanol–water partition coefficient (Wildman–Crippen LogP) is 3.25. The highest BCUT2D eigenvalue weighted by Crippen LogP contribution is 2.34. The van der Waals surface area contributed by atoms with Gasteiger partial charge in [0.05, 0.1) is 164 Å². The van der Waals surface area contributed by atoms with E-state index >= 15 is 0 Å². The highest BCUT2D eigenvalue weighted by molar-refractivity contribution is 7.79. The summed E-state index contributed by atoms with van der Waals surface area (Å²) in [5, 5.41) is 105. The number of aliphatic hydroxyl groups is 10. The number of rotatable bonds is 32. The number of Topliss-reactive ketones (excluding diaryl/α,β-unsaturated/α-hetero) is 2. The fraction of sp³-hybridized carbons (Fsp3) is 0.757. The molecule has 0 bridgehead atoms. The lowest BCUT2D eigenvalue weighted by molar-refractivity contribution is -0.244. The van der Waals surface area contributed by atoms with Gasteiger partial charge in [-0.15, -0.1) is 0 Å². The number of benzene rings is 2. The Kier molecular flexibility index (Phi) is 45.5. The van der Waals surface area contributed by atoms with Crippen LogP contribution in [0.25, 0.3) is 0 Å². The number of amides is 3. The molecule has 0 spiro atoms. The van der Waals surface area contributed by atoms with Crippen LogP contribution in [0.3, 0.4) is 0 Å². The molecule has 13 N–H and O–H groups in total. The van der Waals surface area contributed by atoms with Gasteiger partial charge in [-0.3, -0.25) is 29.3 Å². The fourth-order valence-electron chi connectivity index (χ4n) is 11.5. The Balaban J connectivity index is 0.000000509. The Morgan fingerprint density at radius 3 is 1.13 bits per heavy atom. The molecule has 0 saturated carbocycles. The van der Waals surface area contributed by atoms with Crippen molar-refractivity contribution in [3.05, 3.63) is 59.7 Å². The van der Waals surface area contributed by atoms with Crippen molar-refractivity contribution in [3.63, 3.8) is 0 Å². The van der Waals surface area contributed by atoms with Gasteiger partial charge in [0, 0.05) is 47.2 Å². The monoisotopic (exact) mass is 1570 g/mol. The van der Waals surface area contributed by atoms with Gasteiger partial charge in [0.1, 0.15) is 62.2 Å². The Morgan fingerprint density at radius 2 is 0.769 bits per heavy atom. The van der Waals surface area contributed by atoms with Crippen molar-refractivity contribution in [3.8, 4) is 0 Å². The summed E-state index contributed by atoms with van der Waals surface area (Å²) in [6, 6.07) is 13.3. The van der Waals surface area contributed by atoms with Crippen LogP contribution in [0.2, 0.25) is 0 Å². The first-order valence-corrected chi connectivity index (χ1v) is 36.9. The lowest BCUT2D eigenvalue weighted by atomic mass is 9.86. The Bertz CT molecular complexity index is 2890. The molecule has 5 heterocycles. The van der Waals surface area contributed by atoms with Crippen LogP contribution in [0.15, 0.2) is 48.5 Å². The molecule has 3 amide bonds. The first-order chi connectivity index (χ1) is 51.0. The second kappa shape index (κ2) is 50.7. The molecular formula is C74H125N3O30S. The van der Waals surface area contributed by atoms with Gasteiger partial charge in [0.15, 0.2) is 11.6 Å². The highest BCUT2D eigenvalue weighted by Gasteiger charge is 2.51. The standard InChI is InChI=1S/C23H35NO8.C22H42O11.C19H31NO10.C8H9NO.CH4S.CH4/c1-13(2)29-11-18-21(27)19(10-25)31-20(12-30-14(3)4)22(18)32-23(28)24-17-8-6-16(7-9-17)15(5)26;1-11(2)30-8-14-20(26)16(6-24)32-17(22(14)28)9-29-7-13-19(25)15(5-23)33-18(21(13)27)10-31-12(3)4;1-10(2)26-8-12-17(24)13(7-21)28-14(9-27-11(3)4)18(12)29-19(25)30-20-15(22)5-6-16(20)23;1-6(10)7-2-4-8(9)5-3-7;1-2;/h6-9,13-14,18-22,25,27H,10-12H2,1-5H3,(H,24,28);11-28H,5-10H2,1-4H3;10-14,17-18,21,24H,5-9H2,1-4H3;2-5H,9H2,1H3;2H,1H3;1H4/i/hD. The zero-order valence-electron chi connectivity index (χ0n) is 65.1. The minimum atomic E-state index is -1.29. The smallest absolute Gasteiger partial charge is 0.443 e. The van der Waals surface area contributed by atoms with E-state index in [4.69, 9.17) is 73.3 Å². The molecule has 5 saturated heterocycles. The molecule has 108 heavy (non-hydrogen) atoms. The number of nitrogens with zero attached hydrogens (tertiary/aromatic N) is 1. The Labute approximate surface area is 640 Å². The minimum Gasteiger partial charge on any atom is -0.443 e. The van der Waals surface area contributed by atoms with Gasteiger partial charge in [-0.05, 0) is 152 Å². The van der Waals surface area contributed by atoms with Gasteiger partial charge >= 0.3 is 12.2 Å². The Hall–Kier alpha value is -5.23. The molecule has 7 rings (SSSR count). The third-order valence-corrected chi connectivity index (χ3v) is 17.4. The van der Waals surface area contributed by atoms with Crippen LogP contribution in [-0.4, -0.2) is 313 Å². The maximum atomic E-state index is 12.7. The van der Waals surface area contributed by atoms with E-state index in [-0.39, 0.29) is 128 Å². The number of imide groups is 1. The fourth-order valence-corrected chi connectivity index (χ4v) is 11.5. The van der Waals surface area contributed by atoms with Crippen LogP contribution in [0, 0.1) is 23.7 Å². The van der Waals surface area contributed by atoms with Crippen LogP contribution < -0.4 is 11.1 Å². The average molecular weight is 1570 g/mol. The second-order valence-electron chi connectivity index (χ2n) is 27.8. The number of carbonyl (C=O) groups excluding carboxylic acids is 6. The largest absolute Gasteiger partial charge is 0.534 e. The zero-order valence-corrected chi connectivity index (χ0v) is 64.9. The quantitative estimate of drug-likeness (QED) is 0.0164. The summed E-state index contributed by atoms with van der Waals surface area (Å²) < 4.78 is 79.3. The lowest BCUT2D eigenvalue weighted by Gasteiger charge is -2.44. The van der Waals surface area contributed by atoms with E-state index in [1.807, 2.05) is 83.1 Å². The minimum absolute atomic E-state index is 0. The van der Waals surface area contributed by atoms with Gasteiger partial charge in [-0.2, -0.15) is 12.5 Å². The molecule has 2 aromatic carbocycles. The van der Waals surface area contributed by atoms with Gasteiger partial charge < -0.3 is 118 Å². The summed E-state index contributed by atoms with van der Waals surface area (Å²) in [4.78, 5) is 75.2. The molecule has 2 aromatic rings. The number of nitrogens with one attached hydrogen (secondary N) is 1. The van der Waals surface area contributed by atoms with Crippen LogP contribution in [0.1, 0.15) is 138 Å². The van der Waals surface area contributed by atoms with Crippen molar-refractivity contribution in [2.45, 2.75) is 251 Å². The van der Waals surface area contributed by atoms with E-state index in [2.05, 4.69) is 5.32 Å². The third kappa shape index (κ3) is 32.5. The van der Waals surface area contributed by atoms with Crippen molar-refractivity contribution in [1.29, 1.82) is 1.12 Å². The summed E-state index contributed by atoms with van der Waals surface area (Å²) in [6.07, 6.45) is -16.5. The molecule has 34 heteroatoms. The van der Waals surface area contributed by atoms with Gasteiger partial charge in [-0.25, -0.2) is 9.59 Å². The van der Waals surface area contributed by atoms with E-state index in [9.17, 15) is 79.8 Å². The molecule has 20 atom stereocenters. The van der Waals surface area contributed by atoms with Crippen molar-refractivity contribution in [2.75, 3.05) is 96.6 Å². The van der Waals surface area contributed by atoms with Gasteiger partial charge in [0.25, 0.3) is 11.8 Å². The number of hydroxylamine groups is 2. The molecular weight excluding hydrogens is 1440 g/mol. The molecule has 0 aromatic heterocycles. The lowest BCUT2D eigenvalue weighted by Crippen LogP contribution is -2.59. The van der Waals surface area contributed by atoms with Crippen molar-refractivity contribution in [2.24, 2.45) is 23.7 Å². The number of ketones is 2. The van der Waals surface area contributed by atoms with E-state index in [0.29, 0.717) is 27.6 Å². The topological polar surface area (TPSA) is 475 Å². The number of aliphatic hydroxyl groups excluding tert-OH is 10. The molecule has 0 aliphatic carbocycles. The van der Waals surface area contributed by atoms with E-state index < -0.39 is 165 Å². The van der Waals surface area contributed by atoms with Crippen molar-refractivity contribution < 1.29 is 146 Å². The number of thiol groups is 1. The summed E-state index contributed by atoms with van der Waals surface area (Å²) in [7, 11) is 0. The first kappa shape index (κ1) is 97.0. The molecule has 5 fully saturated rings. The number of nitrogens with two attached hydrogens (primary N) is 1. The zero-order chi connectivity index (χ0) is 81.2. The maximum Gasteiger partial charge on any atom is 0.534 e. The Morgan fingerprint density at radius 1 is 0.472 bits per heavy atom. The molecule has 33 nitrogen and oxygen atoms in total. The average Bonchev–Trinajstić information content (AvgIpc) is 1.43. The van der Waals surface area contributed by atoms with Crippen LogP contribution >= 0.6 is 12.5 Å². The van der Waals surface area contributed by atoms with Crippen LogP contribution in [0.4, 0.5) is 21.0 Å². The second-order valence-corrected chi connectivity index (χ2v) is 27.8. The summed E-state index contributed by atoms with van der Waals surface area (Å²) in [5.41, 5.74) is 7.79. The SMILES string of the molecule is C.CC(=O)c1ccc(N)cc1.CC(=O)c1ccc(NC(=O)OC2C(COC(C)C)OC(CO)C(O)C2COC(C)C)cc1.CC(C)OCC1OC(CO)C(O)C(COC(C)C)C1OC(=O)ON1C(=O)CCC1=O.CC(C)OCC1OC(CO)C(O)C(COCC2OC(CO)C(O)C(COC(C)C)C2O)C1O.[2H]SC. The van der Waals surface area contributed by atoms with Crippen molar-refractivity contribution >= 4 is 59.5 Å². The van der Waals surface area contributed by atoms with Crippen LogP contribution in [-0.2, 0) is 76.0 Å². The number of carbonyl (C=O) groups is 6. The number of hydrogen-bond acceptors (Lipinski definition) is 32. The number of hydrogen-bond donors (Lipinski definition) is 13. The molecule has 0 radical (unpaired) electrons. The summed E-state index contributed by atoms with van der Waals surface area (Å²) >= 11 is 1.000. The third-order valence-electron chi connectivity index (χ3n) is 17.4. The van der Waals surface area contributed by atoms with E-state index in [1.165, 1.54) is 13.8 Å². The number of nitrogen functional groups attached to an aromatic ring is 1. The maximum absolute atomic E-state index is 12.7. The van der Waals surface area contributed by atoms with E-state index in [0.717, 1.165) is 12.5 Å². The van der Waals surface area contributed by atoms with Gasteiger partial charge in [-0.1, -0.05) is 12.5 Å². The van der Waals surface area contributed by atoms with Gasteiger partial charge in [0.2, 0.25) is 0 Å². The van der Waals surface area contributed by atoms with Crippen molar-refractivity contribution in [1.82, 2.24) is 5.06 Å². The molecule has 20 unspecified atom stereocenters. The highest BCUT2D eigenvalue weighted by atomic mass is 32.1. The van der Waals surface area contributed by atoms with Crippen LogP contribution in [0.5, 0.6) is 0 Å².